The minimum atomic E-state index is 0.732. The highest BCUT2D eigenvalue weighted by Gasteiger charge is 2.08. The molecule has 0 amide bonds. The Morgan fingerprint density at radius 2 is 1.85 bits per heavy atom. The van der Waals surface area contributed by atoms with Gasteiger partial charge in [0, 0.05) is 16.8 Å². The fraction of sp³-hybridized carbons (Fsp3) is 0.118. The van der Waals surface area contributed by atoms with Gasteiger partial charge in [-0.25, -0.2) is 4.98 Å². The van der Waals surface area contributed by atoms with Crippen LogP contribution in [-0.4, -0.2) is 4.98 Å². The van der Waals surface area contributed by atoms with Crippen molar-refractivity contribution in [2.24, 2.45) is 0 Å². The van der Waals surface area contributed by atoms with Crippen LogP contribution in [0.4, 0.5) is 5.69 Å². The molecule has 2 aromatic carbocycles. The third-order valence-corrected chi connectivity index (χ3v) is 3.22. The zero-order chi connectivity index (χ0) is 13.9. The molecule has 100 valence electrons. The summed E-state index contributed by atoms with van der Waals surface area (Å²) in [5.74, 6) is 1.53. The first-order valence-electron chi connectivity index (χ1n) is 6.69. The minimum Gasteiger partial charge on any atom is -0.455 e. The van der Waals surface area contributed by atoms with Gasteiger partial charge in [-0.3, -0.25) is 0 Å². The molecule has 1 heterocycles. The highest BCUT2D eigenvalue weighted by atomic mass is 16.5. The van der Waals surface area contributed by atoms with Crippen LogP contribution in [0.15, 0.2) is 54.6 Å². The number of anilines is 1. The van der Waals surface area contributed by atoms with Crippen LogP contribution in [-0.2, 0) is 6.42 Å². The van der Waals surface area contributed by atoms with Crippen molar-refractivity contribution in [3.05, 3.63) is 60.3 Å². The summed E-state index contributed by atoms with van der Waals surface area (Å²) < 4.78 is 5.93. The highest BCUT2D eigenvalue weighted by molar-refractivity contribution is 5.94. The van der Waals surface area contributed by atoms with E-state index in [1.165, 1.54) is 0 Å². The number of pyridine rings is 1. The number of hydrogen-bond acceptors (Lipinski definition) is 3. The van der Waals surface area contributed by atoms with Gasteiger partial charge in [0.2, 0.25) is 0 Å². The number of ether oxygens (including phenoxy) is 1. The number of nitrogens with zero attached hydrogens (tertiary/aromatic N) is 1. The molecule has 3 nitrogen and oxygen atoms in total. The van der Waals surface area contributed by atoms with Crippen LogP contribution in [0, 0.1) is 0 Å². The molecule has 0 spiro atoms. The number of aromatic nitrogens is 1. The first-order chi connectivity index (χ1) is 9.78. The summed E-state index contributed by atoms with van der Waals surface area (Å²) in [5.41, 5.74) is 8.62. The number of benzene rings is 2. The van der Waals surface area contributed by atoms with Crippen LogP contribution in [0.3, 0.4) is 0 Å². The Labute approximate surface area is 118 Å². The maximum atomic E-state index is 6.10. The second kappa shape index (κ2) is 5.21. The van der Waals surface area contributed by atoms with Gasteiger partial charge in [0.1, 0.15) is 11.3 Å². The van der Waals surface area contributed by atoms with Gasteiger partial charge < -0.3 is 10.5 Å². The topological polar surface area (TPSA) is 48.1 Å². The average Bonchev–Trinajstić information content (AvgIpc) is 2.49. The van der Waals surface area contributed by atoms with Crippen molar-refractivity contribution in [2.75, 3.05) is 5.73 Å². The summed E-state index contributed by atoms with van der Waals surface area (Å²) >= 11 is 0. The number of para-hydroxylation sites is 2. The standard InChI is InChI=1S/C17H16N2O/c1-2-12-11-15(18)14-9-6-10-16(17(14)19-12)20-13-7-4-3-5-8-13/h3-11H,2H2,1H3,(H2,18,19). The van der Waals surface area contributed by atoms with Crippen molar-refractivity contribution >= 4 is 16.6 Å². The quantitative estimate of drug-likeness (QED) is 0.772. The second-order valence-corrected chi connectivity index (χ2v) is 4.62. The third kappa shape index (κ3) is 2.30. The van der Waals surface area contributed by atoms with Gasteiger partial charge in [0.25, 0.3) is 0 Å². The lowest BCUT2D eigenvalue weighted by molar-refractivity contribution is 0.487. The van der Waals surface area contributed by atoms with Gasteiger partial charge in [-0.2, -0.15) is 0 Å². The van der Waals surface area contributed by atoms with Crippen LogP contribution in [0.1, 0.15) is 12.6 Å². The molecule has 0 saturated heterocycles. The Kier molecular flexibility index (Phi) is 3.25. The van der Waals surface area contributed by atoms with Crippen molar-refractivity contribution in [1.29, 1.82) is 0 Å². The second-order valence-electron chi connectivity index (χ2n) is 4.62. The Morgan fingerprint density at radius 1 is 1.05 bits per heavy atom. The predicted molar refractivity (Wildman–Crippen MR) is 82.0 cm³/mol. The highest BCUT2D eigenvalue weighted by Crippen LogP contribution is 2.31. The van der Waals surface area contributed by atoms with Gasteiger partial charge in [-0.1, -0.05) is 37.3 Å². The number of rotatable bonds is 3. The largest absolute Gasteiger partial charge is 0.455 e. The van der Waals surface area contributed by atoms with Crippen LogP contribution in [0.25, 0.3) is 10.9 Å². The average molecular weight is 264 g/mol. The van der Waals surface area contributed by atoms with Crippen molar-refractivity contribution in [3.8, 4) is 11.5 Å². The number of aryl methyl sites for hydroxylation is 1. The summed E-state index contributed by atoms with van der Waals surface area (Å²) in [7, 11) is 0. The smallest absolute Gasteiger partial charge is 0.153 e. The zero-order valence-electron chi connectivity index (χ0n) is 11.3. The number of fused-ring (bicyclic) bond motifs is 1. The summed E-state index contributed by atoms with van der Waals surface area (Å²) in [4.78, 5) is 4.65. The lowest BCUT2D eigenvalue weighted by atomic mass is 10.1. The van der Waals surface area contributed by atoms with Crippen molar-refractivity contribution in [1.82, 2.24) is 4.98 Å². The molecule has 20 heavy (non-hydrogen) atoms. The van der Waals surface area contributed by atoms with E-state index in [0.717, 1.165) is 40.2 Å². The molecule has 2 N–H and O–H groups in total. The molecule has 0 atom stereocenters. The maximum absolute atomic E-state index is 6.10. The van der Waals surface area contributed by atoms with E-state index < -0.39 is 0 Å². The van der Waals surface area contributed by atoms with Crippen LogP contribution in [0.2, 0.25) is 0 Å². The molecule has 0 fully saturated rings. The molecule has 0 unspecified atom stereocenters. The Morgan fingerprint density at radius 3 is 2.60 bits per heavy atom. The summed E-state index contributed by atoms with van der Waals surface area (Å²) in [5, 5.41) is 0.927. The lowest BCUT2D eigenvalue weighted by Crippen LogP contribution is -1.96. The van der Waals surface area contributed by atoms with E-state index in [2.05, 4.69) is 11.9 Å². The molecular weight excluding hydrogens is 248 g/mol. The van der Waals surface area contributed by atoms with Gasteiger partial charge in [-0.05, 0) is 30.7 Å². The minimum absolute atomic E-state index is 0.732. The Balaban J connectivity index is 2.13. The fourth-order valence-electron chi connectivity index (χ4n) is 2.18. The maximum Gasteiger partial charge on any atom is 0.153 e. The molecule has 0 bridgehead atoms. The molecule has 3 aromatic rings. The molecule has 1 aromatic heterocycles. The molecule has 0 saturated carbocycles. The van der Waals surface area contributed by atoms with E-state index in [9.17, 15) is 0 Å². The molecule has 0 aliphatic heterocycles. The monoisotopic (exact) mass is 264 g/mol. The Hall–Kier alpha value is -2.55. The molecule has 3 rings (SSSR count). The third-order valence-electron chi connectivity index (χ3n) is 3.22. The van der Waals surface area contributed by atoms with Crippen molar-refractivity contribution in [3.63, 3.8) is 0 Å². The van der Waals surface area contributed by atoms with E-state index in [4.69, 9.17) is 10.5 Å². The summed E-state index contributed by atoms with van der Waals surface area (Å²) in [6.07, 6.45) is 0.847. The van der Waals surface area contributed by atoms with Crippen LogP contribution in [0.5, 0.6) is 11.5 Å². The molecule has 0 radical (unpaired) electrons. The molecule has 3 heteroatoms. The van der Waals surface area contributed by atoms with Gasteiger partial charge in [0.05, 0.1) is 0 Å². The van der Waals surface area contributed by atoms with E-state index >= 15 is 0 Å². The van der Waals surface area contributed by atoms with E-state index in [1.807, 2.05) is 54.6 Å². The molecule has 0 aliphatic carbocycles. The lowest BCUT2D eigenvalue weighted by Gasteiger charge is -2.10. The molecule has 0 aliphatic rings. The summed E-state index contributed by atoms with van der Waals surface area (Å²) in [6.45, 7) is 2.06. The van der Waals surface area contributed by atoms with Crippen LogP contribution < -0.4 is 10.5 Å². The van der Waals surface area contributed by atoms with E-state index in [1.54, 1.807) is 0 Å². The first-order valence-corrected chi connectivity index (χ1v) is 6.69. The Bertz CT molecular complexity index is 739. The fourth-order valence-corrected chi connectivity index (χ4v) is 2.18. The van der Waals surface area contributed by atoms with Crippen molar-refractivity contribution in [2.45, 2.75) is 13.3 Å². The van der Waals surface area contributed by atoms with Gasteiger partial charge >= 0.3 is 0 Å². The first kappa shape index (κ1) is 12.5. The van der Waals surface area contributed by atoms with Crippen molar-refractivity contribution < 1.29 is 4.74 Å². The zero-order valence-corrected chi connectivity index (χ0v) is 11.3. The molecular formula is C17H16N2O. The predicted octanol–water partition coefficient (Wildman–Crippen LogP) is 4.17. The number of nitrogen functional groups attached to an aromatic ring is 1. The number of hydrogen-bond donors (Lipinski definition) is 1. The van der Waals surface area contributed by atoms with E-state index in [-0.39, 0.29) is 0 Å². The van der Waals surface area contributed by atoms with E-state index in [0.29, 0.717) is 0 Å². The SMILES string of the molecule is CCc1cc(N)c2cccc(Oc3ccccc3)c2n1. The van der Waals surface area contributed by atoms with Crippen LogP contribution >= 0.6 is 0 Å². The normalized spacial score (nSPS) is 10.7. The van der Waals surface area contributed by atoms with Gasteiger partial charge in [-0.15, -0.1) is 0 Å². The summed E-state index contributed by atoms with van der Waals surface area (Å²) in [6, 6.07) is 17.4. The van der Waals surface area contributed by atoms with Gasteiger partial charge in [0.15, 0.2) is 5.75 Å². The number of nitrogens with two attached hydrogens (primary N) is 1.